The molecule has 1 nitrogen and oxygen atoms in total. The largest absolute Gasteiger partial charge is 0.484 e. The van der Waals surface area contributed by atoms with Crippen molar-refractivity contribution in [3.05, 3.63) is 28.7 Å². The highest BCUT2D eigenvalue weighted by Gasteiger charge is 2.36. The SMILES string of the molecule is CCN(c1ccccc1Br)C(F)(F)F. The summed E-state index contributed by atoms with van der Waals surface area (Å²) >= 11 is 3.09. The van der Waals surface area contributed by atoms with Crippen LogP contribution in [-0.4, -0.2) is 12.8 Å². The molecule has 0 bridgehead atoms. The Balaban J connectivity index is 3.08. The molecule has 0 saturated heterocycles. The van der Waals surface area contributed by atoms with Crippen LogP contribution in [0.15, 0.2) is 28.7 Å². The number of alkyl halides is 3. The fraction of sp³-hybridized carbons (Fsp3) is 0.333. The zero-order chi connectivity index (χ0) is 10.8. The molecule has 0 amide bonds. The minimum Gasteiger partial charge on any atom is -0.283 e. The van der Waals surface area contributed by atoms with Gasteiger partial charge < -0.3 is 0 Å². The van der Waals surface area contributed by atoms with Crippen LogP contribution in [0.1, 0.15) is 6.92 Å². The van der Waals surface area contributed by atoms with Crippen molar-refractivity contribution >= 4 is 21.6 Å². The van der Waals surface area contributed by atoms with Gasteiger partial charge in [0.05, 0.1) is 5.69 Å². The molecule has 78 valence electrons. The van der Waals surface area contributed by atoms with Crippen molar-refractivity contribution < 1.29 is 13.2 Å². The van der Waals surface area contributed by atoms with Crippen molar-refractivity contribution in [1.82, 2.24) is 0 Å². The molecule has 1 aromatic carbocycles. The Hall–Kier alpha value is -0.710. The average Bonchev–Trinajstić information content (AvgIpc) is 2.07. The molecule has 0 saturated carbocycles. The lowest BCUT2D eigenvalue weighted by molar-refractivity contribution is -0.128. The summed E-state index contributed by atoms with van der Waals surface area (Å²) in [7, 11) is 0. The van der Waals surface area contributed by atoms with Gasteiger partial charge in [-0.15, -0.1) is 0 Å². The van der Waals surface area contributed by atoms with Crippen molar-refractivity contribution in [2.75, 3.05) is 11.4 Å². The predicted octanol–water partition coefficient (Wildman–Crippen LogP) is 3.80. The molecule has 1 aromatic rings. The Bertz CT molecular complexity index is 311. The fourth-order valence-electron chi connectivity index (χ4n) is 1.16. The van der Waals surface area contributed by atoms with E-state index in [1.807, 2.05) is 0 Å². The second-order valence-corrected chi connectivity index (χ2v) is 3.52. The van der Waals surface area contributed by atoms with Crippen LogP contribution in [0, 0.1) is 0 Å². The molecule has 0 aromatic heterocycles. The molecule has 0 unspecified atom stereocenters. The zero-order valence-electron chi connectivity index (χ0n) is 7.48. The minimum atomic E-state index is -4.33. The van der Waals surface area contributed by atoms with Crippen molar-refractivity contribution in [2.24, 2.45) is 0 Å². The van der Waals surface area contributed by atoms with Gasteiger partial charge in [0.1, 0.15) is 0 Å². The Morgan fingerprint density at radius 3 is 2.29 bits per heavy atom. The third kappa shape index (κ3) is 2.41. The van der Waals surface area contributed by atoms with Crippen LogP contribution in [0.3, 0.4) is 0 Å². The fourth-order valence-corrected chi connectivity index (χ4v) is 1.66. The maximum atomic E-state index is 12.5. The number of benzene rings is 1. The molecule has 0 fully saturated rings. The summed E-state index contributed by atoms with van der Waals surface area (Å²) in [6.45, 7) is 1.36. The third-order valence-electron chi connectivity index (χ3n) is 1.77. The van der Waals surface area contributed by atoms with Gasteiger partial charge in [0.2, 0.25) is 0 Å². The molecule has 0 radical (unpaired) electrons. The van der Waals surface area contributed by atoms with Crippen LogP contribution in [0.2, 0.25) is 0 Å². The number of hydrogen-bond donors (Lipinski definition) is 0. The number of halogens is 4. The van der Waals surface area contributed by atoms with E-state index in [1.54, 1.807) is 18.2 Å². The predicted molar refractivity (Wildman–Crippen MR) is 53.2 cm³/mol. The Kier molecular flexibility index (Phi) is 3.42. The summed E-state index contributed by atoms with van der Waals surface area (Å²) < 4.78 is 37.9. The van der Waals surface area contributed by atoms with Gasteiger partial charge in [-0.3, -0.25) is 4.90 Å². The van der Waals surface area contributed by atoms with Gasteiger partial charge in [-0.25, -0.2) is 0 Å². The number of anilines is 1. The highest BCUT2D eigenvalue weighted by atomic mass is 79.9. The van der Waals surface area contributed by atoms with E-state index in [9.17, 15) is 13.2 Å². The summed E-state index contributed by atoms with van der Waals surface area (Å²) in [4.78, 5) is 0.386. The quantitative estimate of drug-likeness (QED) is 0.737. The van der Waals surface area contributed by atoms with Gasteiger partial charge in [-0.1, -0.05) is 12.1 Å². The molecule has 0 spiro atoms. The van der Waals surface area contributed by atoms with E-state index in [-0.39, 0.29) is 12.2 Å². The van der Waals surface area contributed by atoms with Gasteiger partial charge in [0.15, 0.2) is 0 Å². The lowest BCUT2D eigenvalue weighted by Crippen LogP contribution is -2.37. The van der Waals surface area contributed by atoms with E-state index >= 15 is 0 Å². The maximum absolute atomic E-state index is 12.5. The van der Waals surface area contributed by atoms with Gasteiger partial charge >= 0.3 is 6.30 Å². The first-order valence-electron chi connectivity index (χ1n) is 4.05. The average molecular weight is 268 g/mol. The first kappa shape index (κ1) is 11.4. The van der Waals surface area contributed by atoms with Gasteiger partial charge in [-0.05, 0) is 35.0 Å². The second kappa shape index (κ2) is 4.21. The first-order valence-corrected chi connectivity index (χ1v) is 4.85. The van der Waals surface area contributed by atoms with Gasteiger partial charge in [0.25, 0.3) is 0 Å². The standard InChI is InChI=1S/C9H9BrF3N/c1-2-14(9(11,12)13)8-6-4-3-5-7(8)10/h3-6H,2H2,1H3. The van der Waals surface area contributed by atoms with Crippen LogP contribution in [0.5, 0.6) is 0 Å². The molecule has 0 aliphatic carbocycles. The topological polar surface area (TPSA) is 3.24 Å². The van der Waals surface area contributed by atoms with Crippen LogP contribution in [0.4, 0.5) is 18.9 Å². The van der Waals surface area contributed by atoms with Gasteiger partial charge in [0, 0.05) is 11.0 Å². The van der Waals surface area contributed by atoms with E-state index in [2.05, 4.69) is 15.9 Å². The lowest BCUT2D eigenvalue weighted by atomic mass is 10.3. The zero-order valence-corrected chi connectivity index (χ0v) is 9.06. The molecule has 0 aliphatic rings. The van der Waals surface area contributed by atoms with Crippen molar-refractivity contribution in [3.63, 3.8) is 0 Å². The van der Waals surface area contributed by atoms with Gasteiger partial charge in [-0.2, -0.15) is 13.2 Å². The van der Waals surface area contributed by atoms with E-state index in [4.69, 9.17) is 0 Å². The molecule has 0 atom stereocenters. The van der Waals surface area contributed by atoms with E-state index in [0.29, 0.717) is 9.37 Å². The highest BCUT2D eigenvalue weighted by Crippen LogP contribution is 2.33. The number of hydrogen-bond acceptors (Lipinski definition) is 1. The first-order chi connectivity index (χ1) is 6.46. The molecular weight excluding hydrogens is 259 g/mol. The van der Waals surface area contributed by atoms with E-state index < -0.39 is 6.30 Å². The normalized spacial score (nSPS) is 11.5. The maximum Gasteiger partial charge on any atom is 0.484 e. The van der Waals surface area contributed by atoms with Crippen molar-refractivity contribution in [2.45, 2.75) is 13.2 Å². The Morgan fingerprint density at radius 1 is 1.29 bits per heavy atom. The molecule has 0 aliphatic heterocycles. The molecular formula is C9H9BrF3N. The summed E-state index contributed by atoms with van der Waals surface area (Å²) in [6, 6.07) is 6.27. The van der Waals surface area contributed by atoms with Crippen molar-refractivity contribution in [1.29, 1.82) is 0 Å². The van der Waals surface area contributed by atoms with Crippen LogP contribution in [0.25, 0.3) is 0 Å². The van der Waals surface area contributed by atoms with Crippen LogP contribution < -0.4 is 4.90 Å². The minimum absolute atomic E-state index is 0.105. The summed E-state index contributed by atoms with van der Waals surface area (Å²) in [6.07, 6.45) is -4.33. The number of rotatable bonds is 2. The van der Waals surface area contributed by atoms with E-state index in [1.165, 1.54) is 13.0 Å². The summed E-state index contributed by atoms with van der Waals surface area (Å²) in [5.41, 5.74) is 0.141. The Labute approximate surface area is 88.7 Å². The van der Waals surface area contributed by atoms with Crippen LogP contribution >= 0.6 is 15.9 Å². The summed E-state index contributed by atoms with van der Waals surface area (Å²) in [5, 5.41) is 0. The molecule has 0 N–H and O–H groups in total. The monoisotopic (exact) mass is 267 g/mol. The van der Waals surface area contributed by atoms with E-state index in [0.717, 1.165) is 0 Å². The molecule has 5 heteroatoms. The third-order valence-corrected chi connectivity index (χ3v) is 2.44. The summed E-state index contributed by atoms with van der Waals surface area (Å²) in [5.74, 6) is 0. The number of nitrogens with zero attached hydrogens (tertiary/aromatic N) is 1. The second-order valence-electron chi connectivity index (χ2n) is 2.66. The highest BCUT2D eigenvalue weighted by molar-refractivity contribution is 9.10. The van der Waals surface area contributed by atoms with Crippen molar-refractivity contribution in [3.8, 4) is 0 Å². The lowest BCUT2D eigenvalue weighted by Gasteiger charge is -2.26. The smallest absolute Gasteiger partial charge is 0.283 e. The number of para-hydroxylation sites is 1. The van der Waals surface area contributed by atoms with Crippen LogP contribution in [-0.2, 0) is 0 Å². The Morgan fingerprint density at radius 2 is 1.86 bits per heavy atom. The molecule has 14 heavy (non-hydrogen) atoms. The molecule has 0 heterocycles. The molecule has 1 rings (SSSR count).